The molecule has 2 aliphatic rings. The van der Waals surface area contributed by atoms with Gasteiger partial charge in [-0.3, -0.25) is 4.79 Å². The van der Waals surface area contributed by atoms with Gasteiger partial charge < -0.3 is 14.7 Å². The fourth-order valence-corrected chi connectivity index (χ4v) is 3.17. The van der Waals surface area contributed by atoms with Crippen LogP contribution in [0.4, 0.5) is 5.82 Å². The Morgan fingerprint density at radius 3 is 2.68 bits per heavy atom. The van der Waals surface area contributed by atoms with Gasteiger partial charge in [0.15, 0.2) is 5.65 Å². The number of anilines is 1. The van der Waals surface area contributed by atoms with E-state index in [9.17, 15) is 4.79 Å². The van der Waals surface area contributed by atoms with Gasteiger partial charge in [0, 0.05) is 51.5 Å². The summed E-state index contributed by atoms with van der Waals surface area (Å²) in [7, 11) is 2.10. The smallest absolute Gasteiger partial charge is 0.229 e. The van der Waals surface area contributed by atoms with Crippen LogP contribution in [0.5, 0.6) is 0 Å². The fraction of sp³-hybridized carbons (Fsp3) is 0.533. The van der Waals surface area contributed by atoms with E-state index in [1.165, 1.54) is 0 Å². The molecule has 1 amide bonds. The van der Waals surface area contributed by atoms with Crippen LogP contribution in [0.25, 0.3) is 5.65 Å². The molecule has 2 aromatic heterocycles. The van der Waals surface area contributed by atoms with Crippen molar-refractivity contribution in [2.45, 2.75) is 0 Å². The Morgan fingerprint density at radius 1 is 1.14 bits per heavy atom. The van der Waals surface area contributed by atoms with Crippen molar-refractivity contribution in [2.24, 2.45) is 5.92 Å². The minimum Gasteiger partial charge on any atom is -0.355 e. The Bertz CT molecular complexity index is 684. The van der Waals surface area contributed by atoms with Gasteiger partial charge in [-0.15, -0.1) is 0 Å². The average Bonchev–Trinajstić information content (AvgIpc) is 2.95. The summed E-state index contributed by atoms with van der Waals surface area (Å²) in [5, 5.41) is 4.30. The highest BCUT2D eigenvalue weighted by atomic mass is 16.2. The van der Waals surface area contributed by atoms with E-state index in [1.54, 1.807) is 12.4 Å². The molecule has 0 bridgehead atoms. The number of hydrogen-bond donors (Lipinski definition) is 0. The molecule has 2 aliphatic heterocycles. The van der Waals surface area contributed by atoms with Gasteiger partial charge in [0.25, 0.3) is 0 Å². The molecule has 0 unspecified atom stereocenters. The maximum Gasteiger partial charge on any atom is 0.229 e. The molecule has 7 nitrogen and oxygen atoms in total. The zero-order valence-corrected chi connectivity index (χ0v) is 12.7. The second kappa shape index (κ2) is 5.24. The largest absolute Gasteiger partial charge is 0.355 e. The number of nitrogens with zero attached hydrogens (tertiary/aromatic N) is 6. The summed E-state index contributed by atoms with van der Waals surface area (Å²) in [5.74, 6) is 1.43. The third kappa shape index (κ3) is 2.21. The van der Waals surface area contributed by atoms with Crippen molar-refractivity contribution in [1.82, 2.24) is 24.4 Å². The lowest BCUT2D eigenvalue weighted by Gasteiger charge is -2.43. The second-order valence-corrected chi connectivity index (χ2v) is 6.13. The van der Waals surface area contributed by atoms with Crippen molar-refractivity contribution in [3.8, 4) is 0 Å². The number of carbonyl (C=O) groups is 1. The summed E-state index contributed by atoms with van der Waals surface area (Å²) in [6, 6.07) is 3.84. The minimum absolute atomic E-state index is 0.113. The van der Waals surface area contributed by atoms with Gasteiger partial charge in [-0.05, 0) is 13.1 Å². The first kappa shape index (κ1) is 13.5. The molecule has 2 fully saturated rings. The van der Waals surface area contributed by atoms with E-state index in [2.05, 4.69) is 26.9 Å². The normalized spacial score (nSPS) is 20.4. The molecule has 2 saturated heterocycles. The molecule has 0 N–H and O–H groups in total. The number of carbonyl (C=O) groups excluding carboxylic acids is 1. The molecular weight excluding hydrogens is 280 g/mol. The summed E-state index contributed by atoms with van der Waals surface area (Å²) < 4.78 is 1.83. The number of rotatable bonds is 2. The molecule has 4 heterocycles. The molecule has 0 spiro atoms. The minimum atomic E-state index is 0.113. The van der Waals surface area contributed by atoms with Crippen molar-refractivity contribution >= 4 is 17.4 Å². The second-order valence-electron chi connectivity index (χ2n) is 6.13. The van der Waals surface area contributed by atoms with E-state index in [0.717, 1.165) is 50.7 Å². The molecule has 0 saturated carbocycles. The standard InChI is InChI=1S/C15H20N6O/c1-18-6-8-19(9-7-18)15(22)12-10-20(11-12)14-3-4-16-13-2-5-17-21(13)14/h2-5,12H,6-11H2,1H3. The first-order valence-electron chi connectivity index (χ1n) is 7.73. The Labute approximate surface area is 129 Å². The lowest BCUT2D eigenvalue weighted by Crippen LogP contribution is -2.58. The molecule has 0 atom stereocenters. The molecule has 22 heavy (non-hydrogen) atoms. The SMILES string of the molecule is CN1CCN(C(=O)C2CN(c3ccnc4ccnn34)C2)CC1. The van der Waals surface area contributed by atoms with Crippen LogP contribution >= 0.6 is 0 Å². The van der Waals surface area contributed by atoms with Crippen molar-refractivity contribution in [3.63, 3.8) is 0 Å². The molecule has 4 rings (SSSR count). The monoisotopic (exact) mass is 300 g/mol. The summed E-state index contributed by atoms with van der Waals surface area (Å²) in [6.45, 7) is 5.18. The fourth-order valence-electron chi connectivity index (χ4n) is 3.17. The third-order valence-electron chi connectivity index (χ3n) is 4.64. The van der Waals surface area contributed by atoms with Crippen LogP contribution < -0.4 is 4.90 Å². The van der Waals surface area contributed by atoms with E-state index in [4.69, 9.17) is 0 Å². The number of amides is 1. The highest BCUT2D eigenvalue weighted by Gasteiger charge is 2.37. The maximum absolute atomic E-state index is 12.5. The molecule has 2 aromatic rings. The average molecular weight is 300 g/mol. The quantitative estimate of drug-likeness (QED) is 0.778. The Morgan fingerprint density at radius 2 is 1.91 bits per heavy atom. The van der Waals surface area contributed by atoms with Crippen LogP contribution in [0.1, 0.15) is 0 Å². The number of hydrogen-bond acceptors (Lipinski definition) is 5. The van der Waals surface area contributed by atoms with Gasteiger partial charge in [-0.2, -0.15) is 9.61 Å². The lowest BCUT2D eigenvalue weighted by atomic mass is 9.98. The van der Waals surface area contributed by atoms with Gasteiger partial charge >= 0.3 is 0 Å². The molecule has 0 aliphatic carbocycles. The van der Waals surface area contributed by atoms with E-state index in [-0.39, 0.29) is 5.92 Å². The molecule has 116 valence electrons. The Balaban J connectivity index is 1.41. The van der Waals surface area contributed by atoms with Crippen molar-refractivity contribution in [2.75, 3.05) is 51.2 Å². The molecule has 0 aromatic carbocycles. The predicted molar refractivity (Wildman–Crippen MR) is 82.8 cm³/mol. The van der Waals surface area contributed by atoms with Crippen LogP contribution in [-0.4, -0.2) is 76.6 Å². The molecular formula is C15H20N6O. The Kier molecular flexibility index (Phi) is 3.22. The van der Waals surface area contributed by atoms with Crippen LogP contribution in [0.3, 0.4) is 0 Å². The van der Waals surface area contributed by atoms with Gasteiger partial charge in [0.2, 0.25) is 5.91 Å². The number of piperazine rings is 1. The van der Waals surface area contributed by atoms with E-state index in [0.29, 0.717) is 5.91 Å². The highest BCUT2D eigenvalue weighted by Crippen LogP contribution is 2.26. The number of fused-ring (bicyclic) bond motifs is 1. The predicted octanol–water partition coefficient (Wildman–Crippen LogP) is -0.0605. The highest BCUT2D eigenvalue weighted by molar-refractivity contribution is 5.82. The lowest BCUT2D eigenvalue weighted by molar-refractivity contribution is -0.137. The van der Waals surface area contributed by atoms with E-state index in [1.807, 2.05) is 21.5 Å². The van der Waals surface area contributed by atoms with Crippen LogP contribution in [0.15, 0.2) is 24.5 Å². The zero-order chi connectivity index (χ0) is 15.1. The summed E-state index contributed by atoms with van der Waals surface area (Å²) in [6.07, 6.45) is 3.54. The van der Waals surface area contributed by atoms with Gasteiger partial charge in [0.05, 0.1) is 12.1 Å². The summed E-state index contributed by atoms with van der Waals surface area (Å²) >= 11 is 0. The number of aromatic nitrogens is 3. The zero-order valence-electron chi connectivity index (χ0n) is 12.7. The molecule has 0 radical (unpaired) electrons. The first-order valence-corrected chi connectivity index (χ1v) is 7.73. The summed E-state index contributed by atoms with van der Waals surface area (Å²) in [4.78, 5) is 23.3. The van der Waals surface area contributed by atoms with Gasteiger partial charge in [-0.25, -0.2) is 4.98 Å². The van der Waals surface area contributed by atoms with Crippen molar-refractivity contribution < 1.29 is 4.79 Å². The Hall–Kier alpha value is -2.15. The van der Waals surface area contributed by atoms with Gasteiger partial charge in [-0.1, -0.05) is 0 Å². The van der Waals surface area contributed by atoms with Crippen LogP contribution in [-0.2, 0) is 4.79 Å². The number of likely N-dealkylation sites (N-methyl/N-ethyl adjacent to an activating group) is 1. The molecule has 7 heteroatoms. The summed E-state index contributed by atoms with van der Waals surface area (Å²) in [5.41, 5.74) is 0.839. The van der Waals surface area contributed by atoms with Gasteiger partial charge in [0.1, 0.15) is 5.82 Å². The van der Waals surface area contributed by atoms with E-state index < -0.39 is 0 Å². The van der Waals surface area contributed by atoms with Crippen molar-refractivity contribution in [3.05, 3.63) is 24.5 Å². The van der Waals surface area contributed by atoms with E-state index >= 15 is 0 Å². The third-order valence-corrected chi connectivity index (χ3v) is 4.64. The van der Waals surface area contributed by atoms with Crippen molar-refractivity contribution in [1.29, 1.82) is 0 Å². The first-order chi connectivity index (χ1) is 10.7. The topological polar surface area (TPSA) is 57.0 Å². The maximum atomic E-state index is 12.5. The van der Waals surface area contributed by atoms with Crippen LogP contribution in [0.2, 0.25) is 0 Å². The van der Waals surface area contributed by atoms with Crippen LogP contribution in [0, 0.1) is 5.92 Å².